The van der Waals surface area contributed by atoms with E-state index in [1.807, 2.05) is 121 Å². The van der Waals surface area contributed by atoms with Gasteiger partial charge in [-0.05, 0) is 48.6 Å². The molecule has 0 amide bonds. The average molecular weight is 588 g/mol. The zero-order valence-corrected chi connectivity index (χ0v) is 23.8. The maximum absolute atomic E-state index is 13.1. The van der Waals surface area contributed by atoms with E-state index in [1.54, 1.807) is 21.5 Å². The second-order valence-electron chi connectivity index (χ2n) is 9.40. The van der Waals surface area contributed by atoms with Crippen LogP contribution in [0, 0.1) is 0 Å². The molecular formula is C35H24Cl2N4O. The van der Waals surface area contributed by atoms with E-state index in [4.69, 9.17) is 33.4 Å². The Bertz CT molecular complexity index is 1750. The van der Waals surface area contributed by atoms with Crippen LogP contribution in [0.2, 0.25) is 10.3 Å². The molecule has 0 radical (unpaired) electrons. The normalized spacial score (nSPS) is 11.5. The summed E-state index contributed by atoms with van der Waals surface area (Å²) in [7, 11) is 0. The van der Waals surface area contributed by atoms with Crippen molar-refractivity contribution in [2.24, 2.45) is 0 Å². The smallest absolute Gasteiger partial charge is 0.178 e. The van der Waals surface area contributed by atoms with Crippen LogP contribution in [0.15, 0.2) is 133 Å². The summed E-state index contributed by atoms with van der Waals surface area (Å²) in [6.45, 7) is 0. The standard InChI is InChI=1S/C35H24Cl2N4O/c36-34-30(32(25-13-5-1-6-14-25)38-40(34)27-17-9-3-10-18-27)23-21-29(42)22-24-31-33(26-15-7-2-8-16-26)39-41(35(31)37)28-19-11-4-12-20-28/h1-24H/b23-21+,24-22+. The monoisotopic (exact) mass is 586 g/mol. The third-order valence-electron chi connectivity index (χ3n) is 6.65. The number of halogens is 2. The van der Waals surface area contributed by atoms with Crippen molar-refractivity contribution in [1.82, 2.24) is 19.6 Å². The Balaban J connectivity index is 1.35. The molecule has 42 heavy (non-hydrogen) atoms. The van der Waals surface area contributed by atoms with Gasteiger partial charge in [-0.15, -0.1) is 0 Å². The molecule has 4 aromatic carbocycles. The van der Waals surface area contributed by atoms with E-state index in [0.717, 1.165) is 22.5 Å². The minimum Gasteiger partial charge on any atom is -0.290 e. The van der Waals surface area contributed by atoms with Gasteiger partial charge in [-0.3, -0.25) is 4.79 Å². The zero-order valence-electron chi connectivity index (χ0n) is 22.3. The Kier molecular flexibility index (Phi) is 7.95. The van der Waals surface area contributed by atoms with Gasteiger partial charge in [-0.2, -0.15) is 10.2 Å². The molecule has 0 bridgehead atoms. The summed E-state index contributed by atoms with van der Waals surface area (Å²) >= 11 is 13.7. The minimum absolute atomic E-state index is 0.236. The van der Waals surface area contributed by atoms with Crippen molar-refractivity contribution in [3.63, 3.8) is 0 Å². The SMILES string of the molecule is O=C(/C=C/c1c(-c2ccccc2)nn(-c2ccccc2)c1Cl)/C=C/c1c(-c2ccccc2)nn(-c2ccccc2)c1Cl. The Morgan fingerprint density at radius 3 is 1.21 bits per heavy atom. The highest BCUT2D eigenvalue weighted by Crippen LogP contribution is 2.33. The van der Waals surface area contributed by atoms with Gasteiger partial charge in [-0.25, -0.2) is 9.36 Å². The zero-order chi connectivity index (χ0) is 28.9. The van der Waals surface area contributed by atoms with Gasteiger partial charge in [-0.1, -0.05) is 120 Å². The predicted octanol–water partition coefficient (Wildman–Crippen LogP) is 8.99. The van der Waals surface area contributed by atoms with E-state index in [0.29, 0.717) is 32.8 Å². The van der Waals surface area contributed by atoms with Crippen molar-refractivity contribution >= 4 is 41.1 Å². The highest BCUT2D eigenvalue weighted by molar-refractivity contribution is 6.32. The summed E-state index contributed by atoms with van der Waals surface area (Å²) < 4.78 is 3.35. The molecule has 0 saturated heterocycles. The summed E-state index contributed by atoms with van der Waals surface area (Å²) in [4.78, 5) is 13.1. The summed E-state index contributed by atoms with van der Waals surface area (Å²) in [6, 6.07) is 38.8. The molecule has 0 saturated carbocycles. The third-order valence-corrected chi connectivity index (χ3v) is 7.38. The summed E-state index contributed by atoms with van der Waals surface area (Å²) in [5.74, 6) is -0.236. The van der Waals surface area contributed by atoms with Gasteiger partial charge in [0.1, 0.15) is 21.7 Å². The molecule has 0 unspecified atom stereocenters. The van der Waals surface area contributed by atoms with Gasteiger partial charge < -0.3 is 0 Å². The average Bonchev–Trinajstić information content (AvgIpc) is 3.56. The molecule has 7 heteroatoms. The molecule has 6 rings (SSSR count). The van der Waals surface area contributed by atoms with E-state index >= 15 is 0 Å². The van der Waals surface area contributed by atoms with E-state index in [-0.39, 0.29) is 5.78 Å². The highest BCUT2D eigenvalue weighted by Gasteiger charge is 2.19. The fourth-order valence-corrected chi connectivity index (χ4v) is 5.18. The van der Waals surface area contributed by atoms with E-state index in [9.17, 15) is 4.79 Å². The quantitative estimate of drug-likeness (QED) is 0.167. The van der Waals surface area contributed by atoms with E-state index < -0.39 is 0 Å². The molecule has 0 aliphatic rings. The number of nitrogens with zero attached hydrogens (tertiary/aromatic N) is 4. The van der Waals surface area contributed by atoms with Crippen LogP contribution in [0.4, 0.5) is 0 Å². The van der Waals surface area contributed by atoms with Crippen LogP contribution in [0.1, 0.15) is 11.1 Å². The molecule has 2 aromatic heterocycles. The van der Waals surface area contributed by atoms with Crippen LogP contribution >= 0.6 is 23.2 Å². The number of para-hydroxylation sites is 2. The first-order valence-corrected chi connectivity index (χ1v) is 14.0. The lowest BCUT2D eigenvalue weighted by Crippen LogP contribution is -1.96. The highest BCUT2D eigenvalue weighted by atomic mass is 35.5. The Morgan fingerprint density at radius 1 is 0.524 bits per heavy atom. The predicted molar refractivity (Wildman–Crippen MR) is 171 cm³/mol. The molecule has 0 atom stereocenters. The maximum atomic E-state index is 13.1. The fraction of sp³-hybridized carbons (Fsp3) is 0. The van der Waals surface area contributed by atoms with Crippen molar-refractivity contribution in [3.05, 3.63) is 155 Å². The van der Waals surface area contributed by atoms with Gasteiger partial charge in [0.05, 0.1) is 11.4 Å². The van der Waals surface area contributed by atoms with Gasteiger partial charge >= 0.3 is 0 Å². The minimum atomic E-state index is -0.236. The van der Waals surface area contributed by atoms with Crippen LogP contribution in [0.3, 0.4) is 0 Å². The number of hydrogen-bond acceptors (Lipinski definition) is 3. The number of ketones is 1. The maximum Gasteiger partial charge on any atom is 0.178 e. The van der Waals surface area contributed by atoms with Crippen molar-refractivity contribution in [2.45, 2.75) is 0 Å². The second-order valence-corrected chi connectivity index (χ2v) is 10.1. The second kappa shape index (κ2) is 12.3. The molecule has 6 aromatic rings. The summed E-state index contributed by atoms with van der Waals surface area (Å²) in [5.41, 5.74) is 6.08. The summed E-state index contributed by atoms with van der Waals surface area (Å²) in [5, 5.41) is 10.4. The van der Waals surface area contributed by atoms with E-state index in [2.05, 4.69) is 0 Å². The molecule has 204 valence electrons. The third kappa shape index (κ3) is 5.61. The molecule has 2 heterocycles. The molecule has 0 aliphatic heterocycles. The van der Waals surface area contributed by atoms with Gasteiger partial charge in [0.25, 0.3) is 0 Å². The van der Waals surface area contributed by atoms with Crippen LogP contribution in [0.5, 0.6) is 0 Å². The molecule has 0 N–H and O–H groups in total. The van der Waals surface area contributed by atoms with Crippen molar-refractivity contribution < 1.29 is 4.79 Å². The molecule has 0 fully saturated rings. The van der Waals surface area contributed by atoms with E-state index in [1.165, 1.54) is 12.2 Å². The number of benzene rings is 4. The lowest BCUT2D eigenvalue weighted by atomic mass is 10.1. The lowest BCUT2D eigenvalue weighted by Gasteiger charge is -2.01. The number of allylic oxidation sites excluding steroid dienone is 2. The number of carbonyl (C=O) groups is 1. The first-order valence-electron chi connectivity index (χ1n) is 13.3. The van der Waals surface area contributed by atoms with Crippen molar-refractivity contribution in [2.75, 3.05) is 0 Å². The van der Waals surface area contributed by atoms with Crippen LogP contribution < -0.4 is 0 Å². The number of carbonyl (C=O) groups excluding carboxylic acids is 1. The van der Waals surface area contributed by atoms with Crippen molar-refractivity contribution in [3.8, 4) is 33.9 Å². The molecule has 0 spiro atoms. The van der Waals surface area contributed by atoms with Crippen molar-refractivity contribution in [1.29, 1.82) is 0 Å². The number of hydrogen-bond donors (Lipinski definition) is 0. The van der Waals surface area contributed by atoms with Gasteiger partial charge in [0.15, 0.2) is 5.78 Å². The summed E-state index contributed by atoms with van der Waals surface area (Å²) in [6.07, 6.45) is 6.38. The Hall–Kier alpha value is -4.97. The topological polar surface area (TPSA) is 52.7 Å². The lowest BCUT2D eigenvalue weighted by molar-refractivity contribution is -0.110. The van der Waals surface area contributed by atoms with Gasteiger partial charge in [0.2, 0.25) is 0 Å². The number of aromatic nitrogens is 4. The van der Waals surface area contributed by atoms with Crippen LogP contribution in [0.25, 0.3) is 46.0 Å². The van der Waals surface area contributed by atoms with Gasteiger partial charge in [0, 0.05) is 22.3 Å². The fourth-order valence-electron chi connectivity index (χ4n) is 4.60. The Morgan fingerprint density at radius 2 is 0.857 bits per heavy atom. The Labute approximate surface area is 253 Å². The van der Waals surface area contributed by atoms with Crippen LogP contribution in [-0.4, -0.2) is 25.3 Å². The molecular weight excluding hydrogens is 563 g/mol. The number of rotatable bonds is 8. The first kappa shape index (κ1) is 27.2. The largest absolute Gasteiger partial charge is 0.290 e. The van der Waals surface area contributed by atoms with Crippen LogP contribution in [-0.2, 0) is 4.79 Å². The molecule has 0 aliphatic carbocycles. The molecule has 5 nitrogen and oxygen atoms in total. The first-order chi connectivity index (χ1) is 20.6.